The molecule has 0 radical (unpaired) electrons. The Bertz CT molecular complexity index is 781. The summed E-state index contributed by atoms with van der Waals surface area (Å²) in [5.41, 5.74) is 4.13. The van der Waals surface area contributed by atoms with Gasteiger partial charge in [0.15, 0.2) is 0 Å². The highest BCUT2D eigenvalue weighted by Gasteiger charge is 2.19. The fourth-order valence-electron chi connectivity index (χ4n) is 3.33. The van der Waals surface area contributed by atoms with Gasteiger partial charge in [-0.25, -0.2) is 9.97 Å². The first-order chi connectivity index (χ1) is 12.8. The smallest absolute Gasteiger partial charge is 0.225 e. The average Bonchev–Trinajstić information content (AvgIpc) is 2.95. The zero-order valence-electron chi connectivity index (χ0n) is 16.8. The maximum Gasteiger partial charge on any atom is 0.225 e. The minimum absolute atomic E-state index is 0.0582. The van der Waals surface area contributed by atoms with Crippen molar-refractivity contribution < 1.29 is 9.32 Å². The van der Waals surface area contributed by atoms with E-state index >= 15 is 0 Å². The summed E-state index contributed by atoms with van der Waals surface area (Å²) < 4.78 is 5.15. The van der Waals surface area contributed by atoms with E-state index in [-0.39, 0.29) is 5.91 Å². The molecule has 0 aromatic carbocycles. The number of hydrogen-bond acceptors (Lipinski definition) is 7. The third-order valence-corrected chi connectivity index (χ3v) is 5.09. The Balaban J connectivity index is 1.65. The average molecular weight is 372 g/mol. The molecule has 0 saturated carbocycles. The summed E-state index contributed by atoms with van der Waals surface area (Å²) in [5.74, 6) is 1.46. The second-order valence-electron chi connectivity index (χ2n) is 7.21. The van der Waals surface area contributed by atoms with E-state index in [1.165, 1.54) is 0 Å². The van der Waals surface area contributed by atoms with E-state index in [4.69, 9.17) is 4.52 Å². The molecule has 8 heteroatoms. The van der Waals surface area contributed by atoms with E-state index in [1.54, 1.807) is 0 Å². The molecule has 1 aliphatic rings. The van der Waals surface area contributed by atoms with Gasteiger partial charge in [0.05, 0.1) is 22.8 Å². The highest BCUT2D eigenvalue weighted by molar-refractivity contribution is 5.92. The maximum atomic E-state index is 12.4. The molecule has 0 aliphatic carbocycles. The maximum absolute atomic E-state index is 12.4. The quantitative estimate of drug-likeness (QED) is 0.859. The van der Waals surface area contributed by atoms with Gasteiger partial charge in [-0.2, -0.15) is 0 Å². The van der Waals surface area contributed by atoms with Crippen LogP contribution < -0.4 is 10.2 Å². The predicted molar refractivity (Wildman–Crippen MR) is 104 cm³/mol. The Hall–Kier alpha value is -2.48. The van der Waals surface area contributed by atoms with E-state index < -0.39 is 0 Å². The summed E-state index contributed by atoms with van der Waals surface area (Å²) >= 11 is 0. The van der Waals surface area contributed by atoms with E-state index in [9.17, 15) is 4.79 Å². The topological polar surface area (TPSA) is 87.4 Å². The van der Waals surface area contributed by atoms with Crippen LogP contribution in [0.3, 0.4) is 0 Å². The van der Waals surface area contributed by atoms with Gasteiger partial charge in [-0.3, -0.25) is 4.79 Å². The number of nitrogens with zero attached hydrogens (tertiary/aromatic N) is 5. The summed E-state index contributed by atoms with van der Waals surface area (Å²) in [6.07, 6.45) is 0.966. The van der Waals surface area contributed by atoms with Crippen LogP contribution in [0.25, 0.3) is 0 Å². The highest BCUT2D eigenvalue weighted by atomic mass is 16.5. The first-order valence-electron chi connectivity index (χ1n) is 9.35. The number of rotatable bonds is 5. The lowest BCUT2D eigenvalue weighted by atomic mass is 10.1. The fraction of sp³-hybridized carbons (Fsp3) is 0.579. The monoisotopic (exact) mass is 372 g/mol. The third-order valence-electron chi connectivity index (χ3n) is 5.09. The molecule has 27 heavy (non-hydrogen) atoms. The van der Waals surface area contributed by atoms with Gasteiger partial charge in [0.2, 0.25) is 11.9 Å². The molecule has 1 amide bonds. The molecule has 3 heterocycles. The van der Waals surface area contributed by atoms with Crippen LogP contribution >= 0.6 is 0 Å². The van der Waals surface area contributed by atoms with Crippen molar-refractivity contribution in [3.05, 3.63) is 28.4 Å². The molecule has 1 saturated heterocycles. The Labute approximate surface area is 159 Å². The number of carbonyl (C=O) groups is 1. The number of hydrogen-bond donors (Lipinski definition) is 1. The molecule has 0 unspecified atom stereocenters. The van der Waals surface area contributed by atoms with E-state index in [0.29, 0.717) is 18.5 Å². The van der Waals surface area contributed by atoms with Gasteiger partial charge < -0.3 is 19.6 Å². The normalized spacial score (nSPS) is 15.2. The summed E-state index contributed by atoms with van der Waals surface area (Å²) in [4.78, 5) is 26.2. The van der Waals surface area contributed by atoms with Gasteiger partial charge in [-0.05, 0) is 41.2 Å². The van der Waals surface area contributed by atoms with Crippen LogP contribution in [-0.4, -0.2) is 59.2 Å². The summed E-state index contributed by atoms with van der Waals surface area (Å²) in [7, 11) is 2.12. The molecular formula is C19H28N6O2. The van der Waals surface area contributed by atoms with E-state index in [2.05, 4.69) is 37.3 Å². The molecule has 1 aliphatic heterocycles. The van der Waals surface area contributed by atoms with Crippen LogP contribution in [0.2, 0.25) is 0 Å². The second-order valence-corrected chi connectivity index (χ2v) is 7.21. The molecule has 2 aromatic heterocycles. The summed E-state index contributed by atoms with van der Waals surface area (Å²) in [6, 6.07) is 0. The van der Waals surface area contributed by atoms with Crippen molar-refractivity contribution in [1.82, 2.24) is 20.0 Å². The van der Waals surface area contributed by atoms with Crippen LogP contribution in [0.15, 0.2) is 4.52 Å². The molecule has 0 atom stereocenters. The van der Waals surface area contributed by atoms with Crippen molar-refractivity contribution >= 4 is 17.5 Å². The Kier molecular flexibility index (Phi) is 5.74. The van der Waals surface area contributed by atoms with Crippen LogP contribution in [0.4, 0.5) is 11.6 Å². The zero-order valence-corrected chi connectivity index (χ0v) is 16.8. The van der Waals surface area contributed by atoms with Crippen molar-refractivity contribution in [2.45, 2.75) is 40.5 Å². The Morgan fingerprint density at radius 3 is 2.22 bits per heavy atom. The van der Waals surface area contributed by atoms with Gasteiger partial charge in [0, 0.05) is 38.2 Å². The minimum atomic E-state index is -0.0582. The number of likely N-dealkylation sites (N-methyl/N-ethyl adjacent to an activating group) is 1. The van der Waals surface area contributed by atoms with Gasteiger partial charge >= 0.3 is 0 Å². The highest BCUT2D eigenvalue weighted by Crippen LogP contribution is 2.22. The molecular weight excluding hydrogens is 344 g/mol. The summed E-state index contributed by atoms with van der Waals surface area (Å²) in [6.45, 7) is 11.4. The number of aryl methyl sites for hydroxylation is 4. The van der Waals surface area contributed by atoms with Gasteiger partial charge in [-0.15, -0.1) is 0 Å². The first-order valence-corrected chi connectivity index (χ1v) is 9.35. The van der Waals surface area contributed by atoms with E-state index in [1.807, 2.05) is 27.7 Å². The molecule has 146 valence electrons. The minimum Gasteiger partial charge on any atom is -0.361 e. The molecule has 8 nitrogen and oxygen atoms in total. The Morgan fingerprint density at radius 1 is 1.04 bits per heavy atom. The lowest BCUT2D eigenvalue weighted by Crippen LogP contribution is -2.45. The Morgan fingerprint density at radius 2 is 1.67 bits per heavy atom. The SMILES string of the molecule is Cc1noc(C)c1CCC(=O)Nc1c(C)nc(N2CCN(C)CC2)nc1C. The lowest BCUT2D eigenvalue weighted by Gasteiger charge is -2.32. The molecule has 0 bridgehead atoms. The summed E-state index contributed by atoms with van der Waals surface area (Å²) in [5, 5.41) is 6.91. The lowest BCUT2D eigenvalue weighted by molar-refractivity contribution is -0.116. The number of amides is 1. The molecule has 1 N–H and O–H groups in total. The number of carbonyl (C=O) groups excluding carboxylic acids is 1. The first kappa shape index (κ1) is 19.3. The van der Waals surface area contributed by atoms with Crippen LogP contribution in [0.5, 0.6) is 0 Å². The fourth-order valence-corrected chi connectivity index (χ4v) is 3.33. The van der Waals surface area contributed by atoms with Crippen molar-refractivity contribution in [3.8, 4) is 0 Å². The van der Waals surface area contributed by atoms with Crippen molar-refractivity contribution in [3.63, 3.8) is 0 Å². The molecule has 2 aromatic rings. The number of piperazine rings is 1. The van der Waals surface area contributed by atoms with Crippen molar-refractivity contribution in [1.29, 1.82) is 0 Å². The largest absolute Gasteiger partial charge is 0.361 e. The molecule has 1 fully saturated rings. The van der Waals surface area contributed by atoms with Gasteiger partial charge in [0.1, 0.15) is 5.76 Å². The van der Waals surface area contributed by atoms with Crippen LogP contribution in [0, 0.1) is 27.7 Å². The number of aromatic nitrogens is 3. The third kappa shape index (κ3) is 4.44. The van der Waals surface area contributed by atoms with Gasteiger partial charge in [0.25, 0.3) is 0 Å². The molecule has 3 rings (SSSR count). The number of anilines is 2. The van der Waals surface area contributed by atoms with Crippen LogP contribution in [-0.2, 0) is 11.2 Å². The van der Waals surface area contributed by atoms with Crippen LogP contribution in [0.1, 0.15) is 34.8 Å². The van der Waals surface area contributed by atoms with Crippen molar-refractivity contribution in [2.75, 3.05) is 43.4 Å². The zero-order chi connectivity index (χ0) is 19.6. The number of nitrogens with one attached hydrogen (secondary N) is 1. The standard InChI is InChI=1S/C19H28N6O2/c1-12-16(15(4)27-23-12)6-7-17(26)22-18-13(2)20-19(21-14(18)3)25-10-8-24(5)9-11-25/h6-11H2,1-5H3,(H,22,26). The molecule has 0 spiro atoms. The van der Waals surface area contributed by atoms with Crippen molar-refractivity contribution in [2.24, 2.45) is 0 Å². The van der Waals surface area contributed by atoms with E-state index in [0.717, 1.165) is 60.5 Å². The second kappa shape index (κ2) is 8.04. The predicted octanol–water partition coefficient (Wildman–Crippen LogP) is 2.02. The van der Waals surface area contributed by atoms with Gasteiger partial charge in [-0.1, -0.05) is 5.16 Å².